The summed E-state index contributed by atoms with van der Waals surface area (Å²) in [4.78, 5) is 10.9. The van der Waals surface area contributed by atoms with Crippen LogP contribution < -0.4 is 0 Å². The number of carboxylic acid groups (broad SMARTS) is 1. The van der Waals surface area contributed by atoms with E-state index in [-0.39, 0.29) is 29.9 Å². The zero-order valence-electron chi connectivity index (χ0n) is 11.2. The van der Waals surface area contributed by atoms with Gasteiger partial charge in [-0.1, -0.05) is 6.92 Å². The van der Waals surface area contributed by atoms with Gasteiger partial charge in [0.05, 0.1) is 18.6 Å². The Bertz CT molecular complexity index is 523. The molecule has 5 heteroatoms. The lowest BCUT2D eigenvalue weighted by Crippen LogP contribution is -2.29. The van der Waals surface area contributed by atoms with Crippen LogP contribution in [0.1, 0.15) is 49.0 Å². The highest BCUT2D eigenvalue weighted by Crippen LogP contribution is 2.47. The van der Waals surface area contributed by atoms with Crippen molar-refractivity contribution in [2.24, 2.45) is 0 Å². The van der Waals surface area contributed by atoms with Crippen LogP contribution in [-0.2, 0) is 9.53 Å². The molecule has 0 aliphatic carbocycles. The maximum absolute atomic E-state index is 10.9. The second kappa shape index (κ2) is 4.74. The zero-order valence-corrected chi connectivity index (χ0v) is 11.2. The monoisotopic (exact) mass is 266 g/mol. The third-order valence-corrected chi connectivity index (χ3v) is 3.85. The first-order chi connectivity index (χ1) is 8.82. The molecule has 0 radical (unpaired) electrons. The van der Waals surface area contributed by atoms with Crippen LogP contribution in [0.5, 0.6) is 11.5 Å². The van der Waals surface area contributed by atoms with Gasteiger partial charge in [0.1, 0.15) is 11.5 Å². The normalized spacial score (nSPS) is 25.9. The van der Waals surface area contributed by atoms with E-state index < -0.39 is 12.1 Å². The lowest BCUT2D eigenvalue weighted by atomic mass is 9.82. The highest BCUT2D eigenvalue weighted by atomic mass is 16.5. The first-order valence-electron chi connectivity index (χ1n) is 6.25. The van der Waals surface area contributed by atoms with Crippen molar-refractivity contribution in [3.63, 3.8) is 0 Å². The van der Waals surface area contributed by atoms with Crippen molar-refractivity contribution in [3.8, 4) is 11.5 Å². The molecule has 0 bridgehead atoms. The van der Waals surface area contributed by atoms with E-state index in [0.717, 1.165) is 5.56 Å². The first-order valence-corrected chi connectivity index (χ1v) is 6.25. The van der Waals surface area contributed by atoms with Gasteiger partial charge in [0.25, 0.3) is 0 Å². The third kappa shape index (κ3) is 2.26. The topological polar surface area (TPSA) is 87.0 Å². The van der Waals surface area contributed by atoms with Crippen LogP contribution in [0, 0.1) is 6.92 Å². The summed E-state index contributed by atoms with van der Waals surface area (Å²) in [5.41, 5.74) is 1.96. The second-order valence-electron chi connectivity index (χ2n) is 5.08. The summed E-state index contributed by atoms with van der Waals surface area (Å²) >= 11 is 0. The number of carboxylic acids is 1. The van der Waals surface area contributed by atoms with Gasteiger partial charge in [-0.15, -0.1) is 0 Å². The number of fused-ring (bicyclic) bond motifs is 1. The Balaban J connectivity index is 2.62. The largest absolute Gasteiger partial charge is 0.508 e. The molecular weight excluding hydrogens is 248 g/mol. The first kappa shape index (κ1) is 13.7. The van der Waals surface area contributed by atoms with Gasteiger partial charge in [-0.25, -0.2) is 0 Å². The number of phenolic OH excluding ortho intramolecular Hbond substituents is 2. The predicted octanol–water partition coefficient (Wildman–Crippen LogP) is 2.44. The number of aliphatic carboxylic acids is 1. The number of phenols is 2. The zero-order chi connectivity index (χ0) is 14.3. The molecule has 0 unspecified atom stereocenters. The van der Waals surface area contributed by atoms with Crippen molar-refractivity contribution in [3.05, 3.63) is 22.8 Å². The fraction of sp³-hybridized carbons (Fsp3) is 0.500. The van der Waals surface area contributed by atoms with Gasteiger partial charge < -0.3 is 20.1 Å². The Hall–Kier alpha value is -1.75. The molecule has 19 heavy (non-hydrogen) atoms. The van der Waals surface area contributed by atoms with Crippen LogP contribution in [0.15, 0.2) is 6.07 Å². The van der Waals surface area contributed by atoms with Gasteiger partial charge in [0.15, 0.2) is 0 Å². The van der Waals surface area contributed by atoms with E-state index in [2.05, 4.69) is 0 Å². The number of benzene rings is 1. The predicted molar refractivity (Wildman–Crippen MR) is 68.5 cm³/mol. The van der Waals surface area contributed by atoms with Crippen LogP contribution in [-0.4, -0.2) is 27.4 Å². The summed E-state index contributed by atoms with van der Waals surface area (Å²) in [6, 6.07) is 1.25. The Labute approximate surface area is 111 Å². The maximum atomic E-state index is 10.9. The summed E-state index contributed by atoms with van der Waals surface area (Å²) < 4.78 is 5.69. The molecule has 0 fully saturated rings. The summed E-state index contributed by atoms with van der Waals surface area (Å²) in [6.07, 6.45) is -1.06. The lowest BCUT2D eigenvalue weighted by Gasteiger charge is -2.36. The van der Waals surface area contributed by atoms with E-state index in [1.54, 1.807) is 6.92 Å². The molecule has 5 nitrogen and oxygen atoms in total. The van der Waals surface area contributed by atoms with E-state index >= 15 is 0 Å². The maximum Gasteiger partial charge on any atom is 0.306 e. The number of carbonyl (C=O) groups is 1. The Morgan fingerprint density at radius 3 is 2.47 bits per heavy atom. The fourth-order valence-electron chi connectivity index (χ4n) is 2.71. The molecule has 2 rings (SSSR count). The molecule has 1 aliphatic heterocycles. The quantitative estimate of drug-likeness (QED) is 0.765. The van der Waals surface area contributed by atoms with Gasteiger partial charge in [-0.3, -0.25) is 4.79 Å². The summed E-state index contributed by atoms with van der Waals surface area (Å²) in [6.45, 7) is 5.56. The van der Waals surface area contributed by atoms with Crippen LogP contribution in [0.25, 0.3) is 0 Å². The van der Waals surface area contributed by atoms with Crippen LogP contribution in [0.2, 0.25) is 0 Å². The van der Waals surface area contributed by atoms with E-state index in [0.29, 0.717) is 11.1 Å². The van der Waals surface area contributed by atoms with E-state index in [9.17, 15) is 15.0 Å². The smallest absolute Gasteiger partial charge is 0.306 e. The number of hydrogen-bond acceptors (Lipinski definition) is 4. The minimum atomic E-state index is -0.983. The third-order valence-electron chi connectivity index (χ3n) is 3.85. The van der Waals surface area contributed by atoms with Gasteiger partial charge in [0.2, 0.25) is 0 Å². The molecule has 1 aromatic carbocycles. The summed E-state index contributed by atoms with van der Waals surface area (Å²) in [7, 11) is 0. The molecule has 0 saturated carbocycles. The van der Waals surface area contributed by atoms with Crippen molar-refractivity contribution < 1.29 is 24.9 Å². The van der Waals surface area contributed by atoms with Crippen molar-refractivity contribution in [2.45, 2.75) is 45.3 Å². The molecule has 3 atom stereocenters. The molecule has 3 N–H and O–H groups in total. The minimum absolute atomic E-state index is 0.0157. The van der Waals surface area contributed by atoms with Crippen molar-refractivity contribution >= 4 is 5.97 Å². The number of hydrogen-bond donors (Lipinski definition) is 3. The number of ether oxygens (including phenoxy) is 1. The molecule has 1 aromatic rings. The number of aromatic hydroxyl groups is 2. The highest BCUT2D eigenvalue weighted by Gasteiger charge is 2.36. The van der Waals surface area contributed by atoms with Crippen molar-refractivity contribution in [2.75, 3.05) is 0 Å². The van der Waals surface area contributed by atoms with Crippen molar-refractivity contribution in [1.82, 2.24) is 0 Å². The van der Waals surface area contributed by atoms with E-state index in [1.807, 2.05) is 13.8 Å². The molecule has 1 aliphatic rings. The SMILES string of the molecule is Cc1c(O)cc(O)c2c1[C@H](C)[C@@H](C)O[C@H]2CC(=O)O. The Kier molecular flexibility index (Phi) is 3.41. The molecule has 0 saturated heterocycles. The molecule has 0 aromatic heterocycles. The average molecular weight is 266 g/mol. The van der Waals surface area contributed by atoms with Gasteiger partial charge in [-0.2, -0.15) is 0 Å². The number of rotatable bonds is 2. The standard InChI is InChI=1S/C14H18O5/c1-6-8(3)19-11(5-12(17)18)14-10(16)4-9(15)7(2)13(6)14/h4,6,8,11,15-16H,5H2,1-3H3,(H,17,18)/t6-,8-,11+/m1/s1. The molecule has 0 spiro atoms. The second-order valence-corrected chi connectivity index (χ2v) is 5.08. The highest BCUT2D eigenvalue weighted by molar-refractivity contribution is 5.69. The Morgan fingerprint density at radius 1 is 1.26 bits per heavy atom. The van der Waals surface area contributed by atoms with Crippen LogP contribution in [0.4, 0.5) is 0 Å². The summed E-state index contributed by atoms with van der Waals surface area (Å²) in [5.74, 6) is -1.09. The van der Waals surface area contributed by atoms with Crippen molar-refractivity contribution in [1.29, 1.82) is 0 Å². The lowest BCUT2D eigenvalue weighted by molar-refractivity contribution is -0.142. The molecule has 104 valence electrons. The Morgan fingerprint density at radius 2 is 1.89 bits per heavy atom. The van der Waals surface area contributed by atoms with Crippen LogP contribution in [0.3, 0.4) is 0 Å². The van der Waals surface area contributed by atoms with Crippen LogP contribution >= 0.6 is 0 Å². The average Bonchev–Trinajstić information content (AvgIpc) is 2.29. The summed E-state index contributed by atoms with van der Waals surface area (Å²) in [5, 5.41) is 28.8. The minimum Gasteiger partial charge on any atom is -0.508 e. The van der Waals surface area contributed by atoms with Gasteiger partial charge >= 0.3 is 5.97 Å². The fourth-order valence-corrected chi connectivity index (χ4v) is 2.71. The van der Waals surface area contributed by atoms with E-state index in [4.69, 9.17) is 9.84 Å². The molecule has 0 amide bonds. The van der Waals surface area contributed by atoms with E-state index in [1.165, 1.54) is 6.07 Å². The van der Waals surface area contributed by atoms with Gasteiger partial charge in [-0.05, 0) is 25.0 Å². The molecule has 1 heterocycles. The van der Waals surface area contributed by atoms with Gasteiger partial charge in [0, 0.05) is 17.5 Å². The molecular formula is C14H18O5.